The molecule has 110 valence electrons. The van der Waals surface area contributed by atoms with E-state index in [0.29, 0.717) is 12.1 Å². The van der Waals surface area contributed by atoms with Crippen LogP contribution in [0.3, 0.4) is 0 Å². The van der Waals surface area contributed by atoms with Crippen LogP contribution < -0.4 is 11.3 Å². The van der Waals surface area contributed by atoms with Crippen LogP contribution in [0.25, 0.3) is 0 Å². The molecule has 1 aromatic heterocycles. The zero-order valence-electron chi connectivity index (χ0n) is 12.4. The van der Waals surface area contributed by atoms with E-state index in [1.165, 1.54) is 0 Å². The maximum Gasteiger partial charge on any atom is 0.251 e. The summed E-state index contributed by atoms with van der Waals surface area (Å²) < 4.78 is 0. The van der Waals surface area contributed by atoms with Gasteiger partial charge in [0.15, 0.2) is 0 Å². The third-order valence-electron chi connectivity index (χ3n) is 3.88. The molecule has 0 bridgehead atoms. The average Bonchev–Trinajstić information content (AvgIpc) is 2.44. The van der Waals surface area contributed by atoms with Crippen molar-refractivity contribution in [2.75, 3.05) is 39.0 Å². The molecule has 1 aliphatic rings. The minimum Gasteiger partial charge on any atom is -0.397 e. The molecular weight excluding hydrogens is 252 g/mol. The molecule has 0 radical (unpaired) electrons. The van der Waals surface area contributed by atoms with Gasteiger partial charge < -0.3 is 15.6 Å². The minimum absolute atomic E-state index is 0.0265. The van der Waals surface area contributed by atoms with Crippen LogP contribution in [-0.2, 0) is 13.0 Å². The van der Waals surface area contributed by atoms with Crippen molar-refractivity contribution >= 4 is 5.69 Å². The number of aromatic amines is 1. The van der Waals surface area contributed by atoms with Crippen LogP contribution in [0.4, 0.5) is 5.69 Å². The van der Waals surface area contributed by atoms with Crippen LogP contribution in [0.5, 0.6) is 0 Å². The Morgan fingerprint density at radius 2 is 2.00 bits per heavy atom. The first-order chi connectivity index (χ1) is 9.61. The number of nitrogens with zero attached hydrogens (tertiary/aromatic N) is 2. The van der Waals surface area contributed by atoms with Crippen molar-refractivity contribution in [2.45, 2.75) is 19.9 Å². The summed E-state index contributed by atoms with van der Waals surface area (Å²) in [5.41, 5.74) is 8.51. The number of hydrogen-bond acceptors (Lipinski definition) is 4. The first-order valence-electron chi connectivity index (χ1n) is 7.12. The van der Waals surface area contributed by atoms with Crippen LogP contribution in [0.1, 0.15) is 18.1 Å². The van der Waals surface area contributed by atoms with Crippen LogP contribution >= 0.6 is 0 Å². The lowest BCUT2D eigenvalue weighted by Gasteiger charge is -2.32. The second-order valence-electron chi connectivity index (χ2n) is 5.38. The Morgan fingerprint density at radius 3 is 2.65 bits per heavy atom. The Morgan fingerprint density at radius 1 is 1.30 bits per heavy atom. The molecule has 20 heavy (non-hydrogen) atoms. The highest BCUT2D eigenvalue weighted by Crippen LogP contribution is 2.17. The molecule has 0 aliphatic carbocycles. The molecule has 2 heterocycles. The highest BCUT2D eigenvalue weighted by atomic mass is 16.1. The summed E-state index contributed by atoms with van der Waals surface area (Å²) in [6, 6.07) is 0. The Balaban J connectivity index is 2.21. The van der Waals surface area contributed by atoms with E-state index in [-0.39, 0.29) is 5.56 Å². The molecule has 0 atom stereocenters. The smallest absolute Gasteiger partial charge is 0.251 e. The molecule has 2 rings (SSSR count). The van der Waals surface area contributed by atoms with Gasteiger partial charge in [0.05, 0.1) is 5.69 Å². The van der Waals surface area contributed by atoms with Crippen molar-refractivity contribution in [1.82, 2.24) is 14.8 Å². The number of allylic oxidation sites excluding steroid dienone is 2. The molecule has 3 N–H and O–H groups in total. The normalized spacial score (nSPS) is 17.9. The van der Waals surface area contributed by atoms with Crippen molar-refractivity contribution < 1.29 is 0 Å². The predicted molar refractivity (Wildman–Crippen MR) is 82.8 cm³/mol. The maximum atomic E-state index is 12.0. The molecule has 0 saturated carbocycles. The van der Waals surface area contributed by atoms with Gasteiger partial charge in [-0.05, 0) is 26.0 Å². The number of H-pyrrole nitrogens is 1. The number of likely N-dealkylation sites (N-methyl/N-ethyl adjacent to an activating group) is 1. The van der Waals surface area contributed by atoms with E-state index in [9.17, 15) is 4.79 Å². The number of nitrogens with one attached hydrogen (secondary N) is 1. The van der Waals surface area contributed by atoms with Crippen molar-refractivity contribution in [1.29, 1.82) is 0 Å². The van der Waals surface area contributed by atoms with Gasteiger partial charge in [0.1, 0.15) is 0 Å². The zero-order chi connectivity index (χ0) is 14.5. The van der Waals surface area contributed by atoms with Crippen molar-refractivity contribution in [3.05, 3.63) is 39.8 Å². The lowest BCUT2D eigenvalue weighted by Crippen LogP contribution is -2.44. The van der Waals surface area contributed by atoms with E-state index in [2.05, 4.69) is 21.8 Å². The minimum atomic E-state index is -0.0265. The number of rotatable bonds is 4. The molecule has 0 spiro atoms. The summed E-state index contributed by atoms with van der Waals surface area (Å²) in [7, 11) is 2.14. The van der Waals surface area contributed by atoms with Gasteiger partial charge in [-0.2, -0.15) is 0 Å². The van der Waals surface area contributed by atoms with Gasteiger partial charge in [-0.15, -0.1) is 0 Å². The van der Waals surface area contributed by atoms with Crippen LogP contribution in [0.2, 0.25) is 0 Å². The summed E-state index contributed by atoms with van der Waals surface area (Å²) in [6.45, 7) is 6.88. The summed E-state index contributed by atoms with van der Waals surface area (Å²) in [4.78, 5) is 19.4. The number of pyridine rings is 1. The largest absolute Gasteiger partial charge is 0.397 e. The summed E-state index contributed by atoms with van der Waals surface area (Å²) in [5, 5.41) is 0. The Hall–Kier alpha value is -1.59. The molecule has 0 unspecified atom stereocenters. The molecule has 0 amide bonds. The fourth-order valence-electron chi connectivity index (χ4n) is 2.50. The van der Waals surface area contributed by atoms with E-state index in [4.69, 9.17) is 5.73 Å². The molecule has 1 aromatic rings. The standard InChI is InChI=1S/C15H24N4O/c1-3-4-5-12-13(14(16)10-17-15(12)20)11-19-8-6-18(2)7-9-19/h3-4,10H,5-9,11,16H2,1-2H3,(H,17,20). The van der Waals surface area contributed by atoms with Crippen LogP contribution in [0, 0.1) is 0 Å². The van der Waals surface area contributed by atoms with Gasteiger partial charge in [-0.1, -0.05) is 12.2 Å². The quantitative estimate of drug-likeness (QED) is 0.799. The van der Waals surface area contributed by atoms with E-state index in [0.717, 1.165) is 43.9 Å². The summed E-state index contributed by atoms with van der Waals surface area (Å²) in [6.07, 6.45) is 6.21. The highest BCUT2D eigenvalue weighted by Gasteiger charge is 2.17. The maximum absolute atomic E-state index is 12.0. The van der Waals surface area contributed by atoms with Crippen molar-refractivity contribution in [3.8, 4) is 0 Å². The lowest BCUT2D eigenvalue weighted by atomic mass is 10.0. The molecule has 0 aromatic carbocycles. The zero-order valence-corrected chi connectivity index (χ0v) is 12.4. The van der Waals surface area contributed by atoms with E-state index < -0.39 is 0 Å². The first-order valence-corrected chi connectivity index (χ1v) is 7.12. The number of aromatic nitrogens is 1. The second kappa shape index (κ2) is 6.72. The third-order valence-corrected chi connectivity index (χ3v) is 3.88. The average molecular weight is 276 g/mol. The Labute approximate surface area is 120 Å². The van der Waals surface area contributed by atoms with Crippen LogP contribution in [0.15, 0.2) is 23.1 Å². The number of hydrogen-bond donors (Lipinski definition) is 2. The molecule has 1 saturated heterocycles. The Kier molecular flexibility index (Phi) is 4.98. The number of nitrogens with two attached hydrogens (primary N) is 1. The number of piperazine rings is 1. The molecule has 5 nitrogen and oxygen atoms in total. The van der Waals surface area contributed by atoms with Crippen molar-refractivity contribution in [3.63, 3.8) is 0 Å². The topological polar surface area (TPSA) is 65.4 Å². The van der Waals surface area contributed by atoms with E-state index >= 15 is 0 Å². The first kappa shape index (κ1) is 14.8. The van der Waals surface area contributed by atoms with Gasteiger partial charge in [0.25, 0.3) is 5.56 Å². The molecular formula is C15H24N4O. The van der Waals surface area contributed by atoms with Gasteiger partial charge in [-0.25, -0.2) is 0 Å². The molecule has 1 aliphatic heterocycles. The molecule has 5 heteroatoms. The van der Waals surface area contributed by atoms with Crippen molar-refractivity contribution in [2.24, 2.45) is 0 Å². The summed E-state index contributed by atoms with van der Waals surface area (Å²) in [5.74, 6) is 0. The SMILES string of the molecule is CC=CCc1c(CN2CCN(C)CC2)c(N)c[nH]c1=O. The Bertz CT molecular complexity index is 527. The third kappa shape index (κ3) is 3.49. The van der Waals surface area contributed by atoms with E-state index in [1.54, 1.807) is 6.20 Å². The second-order valence-corrected chi connectivity index (χ2v) is 5.38. The van der Waals surface area contributed by atoms with Gasteiger partial charge in [0.2, 0.25) is 0 Å². The van der Waals surface area contributed by atoms with Crippen LogP contribution in [-0.4, -0.2) is 48.0 Å². The lowest BCUT2D eigenvalue weighted by molar-refractivity contribution is 0.148. The van der Waals surface area contributed by atoms with Gasteiger partial charge >= 0.3 is 0 Å². The summed E-state index contributed by atoms with van der Waals surface area (Å²) >= 11 is 0. The molecule has 1 fully saturated rings. The van der Waals surface area contributed by atoms with E-state index in [1.807, 2.05) is 19.1 Å². The van der Waals surface area contributed by atoms with Gasteiger partial charge in [0, 0.05) is 44.5 Å². The fourth-order valence-corrected chi connectivity index (χ4v) is 2.50. The highest BCUT2D eigenvalue weighted by molar-refractivity contribution is 5.49. The predicted octanol–water partition coefficient (Wildman–Crippen LogP) is 0.823. The number of anilines is 1. The van der Waals surface area contributed by atoms with Gasteiger partial charge in [-0.3, -0.25) is 9.69 Å². The number of nitrogen functional groups attached to an aromatic ring is 1. The fraction of sp³-hybridized carbons (Fsp3) is 0.533. The monoisotopic (exact) mass is 276 g/mol.